The van der Waals surface area contributed by atoms with Gasteiger partial charge in [-0.15, -0.1) is 0 Å². The Morgan fingerprint density at radius 3 is 2.74 bits per heavy atom. The SMILES string of the molecule is CCOc1ccc2c(c1)[C@@H]1CC(c3ccccc3)=NN1[C@H](c1cccc([N+](=O)[O-])c1)O2. The minimum atomic E-state index is -0.559. The number of hydrogen-bond donors (Lipinski definition) is 0. The molecule has 7 heteroatoms. The van der Waals surface area contributed by atoms with Gasteiger partial charge in [0.05, 0.1) is 23.3 Å². The average Bonchev–Trinajstić information content (AvgIpc) is 3.25. The van der Waals surface area contributed by atoms with Gasteiger partial charge in [-0.1, -0.05) is 42.5 Å². The third kappa shape index (κ3) is 3.48. The molecule has 0 bridgehead atoms. The summed E-state index contributed by atoms with van der Waals surface area (Å²) < 4.78 is 12.0. The van der Waals surface area contributed by atoms with Crippen molar-refractivity contribution in [3.63, 3.8) is 0 Å². The minimum absolute atomic E-state index is 0.0293. The summed E-state index contributed by atoms with van der Waals surface area (Å²) in [5.74, 6) is 1.53. The molecule has 0 amide bonds. The van der Waals surface area contributed by atoms with Crippen molar-refractivity contribution in [3.8, 4) is 11.5 Å². The van der Waals surface area contributed by atoms with E-state index in [0.717, 1.165) is 28.3 Å². The summed E-state index contributed by atoms with van der Waals surface area (Å²) in [6, 6.07) is 22.3. The molecule has 0 unspecified atom stereocenters. The van der Waals surface area contributed by atoms with Crippen LogP contribution in [0.25, 0.3) is 0 Å². The van der Waals surface area contributed by atoms with Gasteiger partial charge in [0.25, 0.3) is 5.69 Å². The number of hydrazone groups is 1. The number of hydrogen-bond acceptors (Lipinski definition) is 6. The zero-order valence-corrected chi connectivity index (χ0v) is 17.0. The van der Waals surface area contributed by atoms with E-state index in [1.165, 1.54) is 6.07 Å². The van der Waals surface area contributed by atoms with Gasteiger partial charge < -0.3 is 9.47 Å². The summed E-state index contributed by atoms with van der Waals surface area (Å²) >= 11 is 0. The molecule has 0 saturated carbocycles. The lowest BCUT2D eigenvalue weighted by Gasteiger charge is -2.38. The van der Waals surface area contributed by atoms with E-state index in [-0.39, 0.29) is 11.7 Å². The first-order valence-electron chi connectivity index (χ1n) is 10.2. The molecule has 3 aromatic carbocycles. The third-order valence-electron chi connectivity index (χ3n) is 5.55. The molecule has 3 aromatic rings. The van der Waals surface area contributed by atoms with Crippen molar-refractivity contribution in [1.29, 1.82) is 0 Å². The van der Waals surface area contributed by atoms with Crippen LogP contribution in [0.2, 0.25) is 0 Å². The summed E-state index contributed by atoms with van der Waals surface area (Å²) in [5, 5.41) is 18.1. The number of non-ortho nitro benzene ring substituents is 1. The number of nitro benzene ring substituents is 1. The van der Waals surface area contributed by atoms with Crippen molar-refractivity contribution in [3.05, 3.63) is 99.6 Å². The molecular weight excluding hydrogens is 394 g/mol. The molecule has 2 heterocycles. The average molecular weight is 415 g/mol. The molecule has 0 aliphatic carbocycles. The lowest BCUT2D eigenvalue weighted by atomic mass is 9.95. The van der Waals surface area contributed by atoms with Gasteiger partial charge in [0.2, 0.25) is 6.23 Å². The molecule has 5 rings (SSSR count). The molecule has 2 aliphatic rings. The summed E-state index contributed by atoms with van der Waals surface area (Å²) in [6.45, 7) is 2.53. The second kappa shape index (κ2) is 7.75. The Kier molecular flexibility index (Phi) is 4.78. The lowest BCUT2D eigenvalue weighted by molar-refractivity contribution is -0.385. The molecule has 156 valence electrons. The zero-order valence-electron chi connectivity index (χ0n) is 17.0. The standard InChI is InChI=1S/C24H21N3O4/c1-2-30-19-11-12-23-20(14-19)22-15-21(16-7-4-3-5-8-16)25-26(22)24(31-23)17-9-6-10-18(13-17)27(28)29/h3-14,22,24H,2,15H2,1H3/t22-,24-/m0/s1. The van der Waals surface area contributed by atoms with Crippen molar-refractivity contribution in [2.24, 2.45) is 5.10 Å². The lowest BCUT2D eigenvalue weighted by Crippen LogP contribution is -2.33. The maximum Gasteiger partial charge on any atom is 0.269 e. The third-order valence-corrected chi connectivity index (χ3v) is 5.55. The largest absolute Gasteiger partial charge is 0.494 e. The first kappa shape index (κ1) is 19.1. The van der Waals surface area contributed by atoms with Crippen molar-refractivity contribution in [2.75, 3.05) is 6.61 Å². The van der Waals surface area contributed by atoms with Crippen molar-refractivity contribution < 1.29 is 14.4 Å². The van der Waals surface area contributed by atoms with Gasteiger partial charge in [-0.2, -0.15) is 5.10 Å². The number of nitro groups is 1. The second-order valence-electron chi connectivity index (χ2n) is 7.47. The highest BCUT2D eigenvalue weighted by atomic mass is 16.6. The highest BCUT2D eigenvalue weighted by Crippen LogP contribution is 2.48. The topological polar surface area (TPSA) is 77.2 Å². The number of benzene rings is 3. The van der Waals surface area contributed by atoms with E-state index in [1.807, 2.05) is 66.5 Å². The van der Waals surface area contributed by atoms with Crippen LogP contribution in [0.4, 0.5) is 5.69 Å². The van der Waals surface area contributed by atoms with Crippen molar-refractivity contribution >= 4 is 11.4 Å². The van der Waals surface area contributed by atoms with E-state index >= 15 is 0 Å². The molecule has 2 aliphatic heterocycles. The Hall–Kier alpha value is -3.87. The van der Waals surface area contributed by atoms with Crippen LogP contribution in [-0.4, -0.2) is 22.3 Å². The number of rotatable bonds is 5. The maximum atomic E-state index is 11.3. The van der Waals surface area contributed by atoms with Gasteiger partial charge in [0, 0.05) is 29.7 Å². The Bertz CT molecular complexity index is 1160. The monoisotopic (exact) mass is 415 g/mol. The van der Waals surface area contributed by atoms with Gasteiger partial charge in [-0.25, -0.2) is 5.01 Å². The number of nitrogens with zero attached hydrogens (tertiary/aromatic N) is 3. The van der Waals surface area contributed by atoms with Gasteiger partial charge in [-0.3, -0.25) is 10.1 Å². The molecule has 31 heavy (non-hydrogen) atoms. The van der Waals surface area contributed by atoms with Crippen LogP contribution in [0.15, 0.2) is 77.9 Å². The van der Waals surface area contributed by atoms with Crippen LogP contribution < -0.4 is 9.47 Å². The first-order chi connectivity index (χ1) is 15.1. The molecule has 0 N–H and O–H groups in total. The van der Waals surface area contributed by atoms with Crippen LogP contribution in [0, 0.1) is 10.1 Å². The highest BCUT2D eigenvalue weighted by molar-refractivity contribution is 6.01. The van der Waals surface area contributed by atoms with Crippen LogP contribution >= 0.6 is 0 Å². The molecule has 0 saturated heterocycles. The van der Waals surface area contributed by atoms with Crippen LogP contribution in [0.1, 0.15) is 42.3 Å². The smallest absolute Gasteiger partial charge is 0.269 e. The molecule has 0 spiro atoms. The summed E-state index contributed by atoms with van der Waals surface area (Å²) in [7, 11) is 0. The fourth-order valence-corrected chi connectivity index (χ4v) is 4.14. The molecular formula is C24H21N3O4. The fourth-order valence-electron chi connectivity index (χ4n) is 4.14. The first-order valence-corrected chi connectivity index (χ1v) is 10.2. The minimum Gasteiger partial charge on any atom is -0.494 e. The van der Waals surface area contributed by atoms with Crippen LogP contribution in [0.3, 0.4) is 0 Å². The normalized spacial score (nSPS) is 19.1. The predicted octanol–water partition coefficient (Wildman–Crippen LogP) is 5.24. The van der Waals surface area contributed by atoms with Gasteiger partial charge in [-0.05, 0) is 30.7 Å². The van der Waals surface area contributed by atoms with Crippen molar-refractivity contribution in [2.45, 2.75) is 25.6 Å². The zero-order chi connectivity index (χ0) is 21.4. The van der Waals surface area contributed by atoms with Crippen molar-refractivity contribution in [1.82, 2.24) is 5.01 Å². The fraction of sp³-hybridized carbons (Fsp3) is 0.208. The Balaban J connectivity index is 1.60. The molecule has 7 nitrogen and oxygen atoms in total. The van der Waals surface area contributed by atoms with Gasteiger partial charge >= 0.3 is 0 Å². The summed E-state index contributed by atoms with van der Waals surface area (Å²) in [5.41, 5.74) is 3.73. The Labute approximate surface area is 179 Å². The molecule has 0 fully saturated rings. The Morgan fingerprint density at radius 1 is 1.13 bits per heavy atom. The molecule has 0 aromatic heterocycles. The van der Waals surface area contributed by atoms with E-state index in [0.29, 0.717) is 18.6 Å². The molecule has 0 radical (unpaired) electrons. The predicted molar refractivity (Wildman–Crippen MR) is 116 cm³/mol. The van der Waals surface area contributed by atoms with Gasteiger partial charge in [0.15, 0.2) is 0 Å². The van der Waals surface area contributed by atoms with Crippen LogP contribution in [-0.2, 0) is 0 Å². The highest BCUT2D eigenvalue weighted by Gasteiger charge is 2.41. The molecule has 2 atom stereocenters. The van der Waals surface area contributed by atoms with E-state index in [2.05, 4.69) is 0 Å². The van der Waals surface area contributed by atoms with E-state index in [9.17, 15) is 10.1 Å². The number of fused-ring (bicyclic) bond motifs is 3. The van der Waals surface area contributed by atoms with E-state index in [4.69, 9.17) is 14.6 Å². The van der Waals surface area contributed by atoms with Crippen LogP contribution in [0.5, 0.6) is 11.5 Å². The quantitative estimate of drug-likeness (QED) is 0.421. The summed E-state index contributed by atoms with van der Waals surface area (Å²) in [6.07, 6.45) is 0.151. The number of ether oxygens (including phenoxy) is 2. The van der Waals surface area contributed by atoms with E-state index < -0.39 is 11.2 Å². The Morgan fingerprint density at radius 2 is 1.97 bits per heavy atom. The second-order valence-corrected chi connectivity index (χ2v) is 7.47. The summed E-state index contributed by atoms with van der Waals surface area (Å²) in [4.78, 5) is 10.9. The maximum absolute atomic E-state index is 11.3. The van der Waals surface area contributed by atoms with E-state index in [1.54, 1.807) is 12.1 Å². The van der Waals surface area contributed by atoms with Gasteiger partial charge in [0.1, 0.15) is 11.5 Å².